The smallest absolute Gasteiger partial charge is 0.335 e. The van der Waals surface area contributed by atoms with Crippen LogP contribution >= 0.6 is 23.2 Å². The molecule has 0 spiro atoms. The van der Waals surface area contributed by atoms with Crippen LogP contribution in [0.2, 0.25) is 10.0 Å². The fraction of sp³-hybridized carbons (Fsp3) is 0.0714. The number of ether oxygens (including phenoxy) is 1. The van der Waals surface area contributed by atoms with E-state index in [0.717, 1.165) is 0 Å². The highest BCUT2D eigenvalue weighted by Crippen LogP contribution is 2.27. The first-order valence-electron chi connectivity index (χ1n) is 5.57. The standard InChI is InChI=1S/C14H9Cl2FO3/c15-10-3-1-9(12(17)6-10)7-20-13-4-2-8(14(18)19)5-11(13)16/h1-6H,7H2,(H,18,19). The SMILES string of the molecule is O=C(O)c1ccc(OCc2ccc(Cl)cc2F)c(Cl)c1. The summed E-state index contributed by atoms with van der Waals surface area (Å²) >= 11 is 11.6. The fourth-order valence-electron chi connectivity index (χ4n) is 1.55. The summed E-state index contributed by atoms with van der Waals surface area (Å²) in [4.78, 5) is 10.8. The molecule has 104 valence electrons. The molecule has 0 aliphatic carbocycles. The molecule has 0 aliphatic heterocycles. The van der Waals surface area contributed by atoms with Crippen LogP contribution in [0.1, 0.15) is 15.9 Å². The molecule has 3 nitrogen and oxygen atoms in total. The highest BCUT2D eigenvalue weighted by atomic mass is 35.5. The van der Waals surface area contributed by atoms with Gasteiger partial charge in [-0.25, -0.2) is 9.18 Å². The Labute approximate surface area is 124 Å². The Morgan fingerprint density at radius 3 is 2.55 bits per heavy atom. The van der Waals surface area contributed by atoms with E-state index in [2.05, 4.69) is 0 Å². The van der Waals surface area contributed by atoms with E-state index in [9.17, 15) is 9.18 Å². The zero-order chi connectivity index (χ0) is 14.7. The van der Waals surface area contributed by atoms with Crippen molar-refractivity contribution in [1.29, 1.82) is 0 Å². The van der Waals surface area contributed by atoms with Crippen molar-refractivity contribution in [1.82, 2.24) is 0 Å². The molecule has 0 atom stereocenters. The van der Waals surface area contributed by atoms with Gasteiger partial charge in [0.25, 0.3) is 0 Å². The summed E-state index contributed by atoms with van der Waals surface area (Å²) in [6.45, 7) is -0.0326. The lowest BCUT2D eigenvalue weighted by Crippen LogP contribution is -2.00. The maximum atomic E-state index is 13.5. The number of hydrogen-bond acceptors (Lipinski definition) is 2. The summed E-state index contributed by atoms with van der Waals surface area (Å²) in [5.41, 5.74) is 0.382. The summed E-state index contributed by atoms with van der Waals surface area (Å²) < 4.78 is 18.9. The number of rotatable bonds is 4. The molecule has 0 aliphatic rings. The summed E-state index contributed by atoms with van der Waals surface area (Å²) in [6, 6.07) is 8.32. The van der Waals surface area contributed by atoms with Crippen molar-refractivity contribution in [2.75, 3.05) is 0 Å². The molecular weight excluding hydrogens is 306 g/mol. The Bertz CT molecular complexity index is 659. The first kappa shape index (κ1) is 14.6. The van der Waals surface area contributed by atoms with E-state index >= 15 is 0 Å². The molecule has 6 heteroatoms. The third-order valence-corrected chi connectivity index (χ3v) is 3.11. The second-order valence-electron chi connectivity index (χ2n) is 3.97. The predicted octanol–water partition coefficient (Wildman–Crippen LogP) is 4.41. The monoisotopic (exact) mass is 314 g/mol. The Kier molecular flexibility index (Phi) is 4.47. The minimum absolute atomic E-state index is 0.0326. The van der Waals surface area contributed by atoms with Crippen LogP contribution in [0.15, 0.2) is 36.4 Å². The summed E-state index contributed by atoms with van der Waals surface area (Å²) in [7, 11) is 0. The quantitative estimate of drug-likeness (QED) is 0.909. The molecule has 0 saturated heterocycles. The number of carboxylic acids is 1. The molecule has 1 N–H and O–H groups in total. The van der Waals surface area contributed by atoms with Crippen LogP contribution in [0.5, 0.6) is 5.75 Å². The molecule has 0 bridgehead atoms. The van der Waals surface area contributed by atoms with E-state index in [1.807, 2.05) is 0 Å². The van der Waals surface area contributed by atoms with Gasteiger partial charge in [0, 0.05) is 10.6 Å². The van der Waals surface area contributed by atoms with Crippen LogP contribution in [0.4, 0.5) is 4.39 Å². The molecule has 20 heavy (non-hydrogen) atoms. The molecule has 2 aromatic carbocycles. The van der Waals surface area contributed by atoms with Gasteiger partial charge >= 0.3 is 5.97 Å². The molecule has 0 heterocycles. The minimum atomic E-state index is -1.08. The lowest BCUT2D eigenvalue weighted by atomic mass is 10.2. The molecule has 0 amide bonds. The van der Waals surface area contributed by atoms with Gasteiger partial charge in [-0.15, -0.1) is 0 Å². The fourth-order valence-corrected chi connectivity index (χ4v) is 1.94. The molecule has 0 fully saturated rings. The molecule has 0 saturated carbocycles. The summed E-state index contributed by atoms with van der Waals surface area (Å²) in [6.07, 6.45) is 0. The number of hydrogen-bond donors (Lipinski definition) is 1. The van der Waals surface area contributed by atoms with Crippen LogP contribution in [-0.2, 0) is 6.61 Å². The van der Waals surface area contributed by atoms with Crippen molar-refractivity contribution < 1.29 is 19.0 Å². The van der Waals surface area contributed by atoms with Crippen molar-refractivity contribution in [3.8, 4) is 5.75 Å². The highest BCUT2D eigenvalue weighted by molar-refractivity contribution is 6.32. The van der Waals surface area contributed by atoms with Crippen molar-refractivity contribution in [3.05, 3.63) is 63.4 Å². The Balaban J connectivity index is 2.13. The lowest BCUT2D eigenvalue weighted by Gasteiger charge is -2.09. The number of benzene rings is 2. The molecule has 2 aromatic rings. The van der Waals surface area contributed by atoms with Crippen LogP contribution in [0.25, 0.3) is 0 Å². The van der Waals surface area contributed by atoms with Crippen molar-refractivity contribution in [3.63, 3.8) is 0 Å². The van der Waals surface area contributed by atoms with Gasteiger partial charge in [0.2, 0.25) is 0 Å². The average molecular weight is 315 g/mol. The summed E-state index contributed by atoms with van der Waals surface area (Å²) in [5, 5.41) is 9.26. The third kappa shape index (κ3) is 3.40. The zero-order valence-corrected chi connectivity index (χ0v) is 11.6. The van der Waals surface area contributed by atoms with Gasteiger partial charge in [-0.05, 0) is 30.3 Å². The molecule has 0 aromatic heterocycles. The van der Waals surface area contributed by atoms with Crippen LogP contribution < -0.4 is 4.74 Å². The van der Waals surface area contributed by atoms with Gasteiger partial charge in [-0.2, -0.15) is 0 Å². The minimum Gasteiger partial charge on any atom is -0.487 e. The van der Waals surface area contributed by atoms with Crippen LogP contribution in [0, 0.1) is 5.82 Å². The second kappa shape index (κ2) is 6.11. The summed E-state index contributed by atoms with van der Waals surface area (Å²) in [5.74, 6) is -1.27. The Morgan fingerprint density at radius 2 is 1.95 bits per heavy atom. The van der Waals surface area contributed by atoms with Crippen molar-refractivity contribution in [2.24, 2.45) is 0 Å². The Morgan fingerprint density at radius 1 is 1.20 bits per heavy atom. The Hall–Kier alpha value is -1.78. The van der Waals surface area contributed by atoms with Gasteiger partial charge < -0.3 is 9.84 Å². The first-order chi connectivity index (χ1) is 9.47. The number of carbonyl (C=O) groups is 1. The third-order valence-electron chi connectivity index (χ3n) is 2.58. The van der Waals surface area contributed by atoms with Gasteiger partial charge in [0.1, 0.15) is 18.2 Å². The number of aromatic carboxylic acids is 1. The first-order valence-corrected chi connectivity index (χ1v) is 6.32. The predicted molar refractivity (Wildman–Crippen MR) is 74.2 cm³/mol. The van der Waals surface area contributed by atoms with Gasteiger partial charge in [0.05, 0.1) is 10.6 Å². The normalized spacial score (nSPS) is 10.3. The van der Waals surface area contributed by atoms with E-state index in [1.54, 1.807) is 6.07 Å². The maximum Gasteiger partial charge on any atom is 0.335 e. The van der Waals surface area contributed by atoms with Crippen molar-refractivity contribution >= 4 is 29.2 Å². The van der Waals surface area contributed by atoms with E-state index in [0.29, 0.717) is 10.6 Å². The number of halogens is 3. The van der Waals surface area contributed by atoms with E-state index in [4.69, 9.17) is 33.0 Å². The average Bonchev–Trinajstić information content (AvgIpc) is 2.38. The van der Waals surface area contributed by atoms with E-state index < -0.39 is 11.8 Å². The van der Waals surface area contributed by atoms with Gasteiger partial charge in [-0.3, -0.25) is 0 Å². The van der Waals surface area contributed by atoms with Gasteiger partial charge in [-0.1, -0.05) is 29.3 Å². The topological polar surface area (TPSA) is 46.5 Å². The highest BCUT2D eigenvalue weighted by Gasteiger charge is 2.09. The van der Waals surface area contributed by atoms with Crippen LogP contribution in [-0.4, -0.2) is 11.1 Å². The van der Waals surface area contributed by atoms with E-state index in [1.165, 1.54) is 30.3 Å². The van der Waals surface area contributed by atoms with E-state index in [-0.39, 0.29) is 22.9 Å². The van der Waals surface area contributed by atoms with Crippen molar-refractivity contribution in [2.45, 2.75) is 6.61 Å². The van der Waals surface area contributed by atoms with Gasteiger partial charge in [0.15, 0.2) is 0 Å². The molecule has 0 radical (unpaired) electrons. The zero-order valence-electron chi connectivity index (χ0n) is 10.1. The molecule has 2 rings (SSSR count). The molecule has 0 unspecified atom stereocenters. The van der Waals surface area contributed by atoms with Crippen LogP contribution in [0.3, 0.4) is 0 Å². The number of carboxylic acid groups (broad SMARTS) is 1. The lowest BCUT2D eigenvalue weighted by molar-refractivity contribution is 0.0697. The largest absolute Gasteiger partial charge is 0.487 e. The molecular formula is C14H9Cl2FO3. The second-order valence-corrected chi connectivity index (χ2v) is 4.82. The maximum absolute atomic E-state index is 13.5.